The minimum Gasteiger partial charge on any atom is -0.444 e. The van der Waals surface area contributed by atoms with Crippen molar-refractivity contribution in [2.75, 3.05) is 13.1 Å². The van der Waals surface area contributed by atoms with Crippen LogP contribution in [0.5, 0.6) is 0 Å². The molecule has 1 amide bonds. The number of allylic oxidation sites excluding steroid dienone is 1. The first kappa shape index (κ1) is 15.4. The Morgan fingerprint density at radius 1 is 1.30 bits per heavy atom. The summed E-state index contributed by atoms with van der Waals surface area (Å²) in [7, 11) is 0. The number of carbonyl (C=O) groups excluding carboxylic acids is 1. The van der Waals surface area contributed by atoms with Crippen LogP contribution in [0, 0.1) is 5.92 Å². The highest BCUT2D eigenvalue weighted by Crippen LogP contribution is 2.31. The van der Waals surface area contributed by atoms with Gasteiger partial charge in [0.2, 0.25) is 0 Å². The predicted octanol–water partition coefficient (Wildman–Crippen LogP) is 3.10. The molecule has 0 aromatic rings. The van der Waals surface area contributed by atoms with Crippen molar-refractivity contribution in [2.45, 2.75) is 64.6 Å². The molecule has 1 N–H and O–H groups in total. The van der Waals surface area contributed by atoms with Crippen LogP contribution in [0.25, 0.3) is 0 Å². The summed E-state index contributed by atoms with van der Waals surface area (Å²) in [6.45, 7) is 6.56. The van der Waals surface area contributed by atoms with Gasteiger partial charge in [-0.1, -0.05) is 18.1 Å². The average Bonchev–Trinajstić information content (AvgIpc) is 2.57. The quantitative estimate of drug-likeness (QED) is 0.751. The first-order chi connectivity index (χ1) is 9.37. The molecule has 2 aliphatic rings. The molecule has 2 atom stereocenters. The van der Waals surface area contributed by atoms with Crippen molar-refractivity contribution in [1.29, 1.82) is 0 Å². The molecule has 0 saturated carbocycles. The number of nitrogens with zero attached hydrogens (tertiary/aromatic N) is 1. The molecule has 4 nitrogen and oxygen atoms in total. The third-order valence-electron chi connectivity index (χ3n) is 3.99. The van der Waals surface area contributed by atoms with Crippen molar-refractivity contribution in [3.63, 3.8) is 0 Å². The van der Waals surface area contributed by atoms with Crippen molar-refractivity contribution in [2.24, 2.45) is 5.92 Å². The van der Waals surface area contributed by atoms with Crippen LogP contribution in [0.1, 0.15) is 52.9 Å². The Hall–Kier alpha value is -1.03. The monoisotopic (exact) mass is 281 g/mol. The van der Waals surface area contributed by atoms with Gasteiger partial charge in [-0.05, 0) is 46.5 Å². The number of hydrogen-bond acceptors (Lipinski definition) is 3. The predicted molar refractivity (Wildman–Crippen MR) is 78.5 cm³/mol. The molecule has 0 bridgehead atoms. The summed E-state index contributed by atoms with van der Waals surface area (Å²) in [5.74, 6) is 0.0978. The van der Waals surface area contributed by atoms with E-state index < -0.39 is 11.7 Å². The molecule has 4 heteroatoms. The maximum absolute atomic E-state index is 12.1. The van der Waals surface area contributed by atoms with E-state index in [-0.39, 0.29) is 12.0 Å². The fraction of sp³-hybridized carbons (Fsp3) is 0.812. The Kier molecular flexibility index (Phi) is 4.74. The summed E-state index contributed by atoms with van der Waals surface area (Å²) in [5.41, 5.74) is 0.850. The summed E-state index contributed by atoms with van der Waals surface area (Å²) < 4.78 is 5.39. The van der Waals surface area contributed by atoms with Crippen molar-refractivity contribution in [1.82, 2.24) is 4.90 Å². The van der Waals surface area contributed by atoms with E-state index in [9.17, 15) is 9.90 Å². The number of carbonyl (C=O) groups is 1. The molecule has 1 saturated heterocycles. The van der Waals surface area contributed by atoms with E-state index in [0.717, 1.165) is 12.8 Å². The number of amides is 1. The lowest BCUT2D eigenvalue weighted by Crippen LogP contribution is -2.35. The third kappa shape index (κ3) is 3.98. The smallest absolute Gasteiger partial charge is 0.410 e. The second-order valence-electron chi connectivity index (χ2n) is 6.94. The van der Waals surface area contributed by atoms with Gasteiger partial charge in [0.1, 0.15) is 5.60 Å². The lowest BCUT2D eigenvalue weighted by molar-refractivity contribution is 0.0270. The summed E-state index contributed by atoms with van der Waals surface area (Å²) in [6.07, 6.45) is 7.37. The van der Waals surface area contributed by atoms with E-state index in [0.29, 0.717) is 13.1 Å². The van der Waals surface area contributed by atoms with E-state index >= 15 is 0 Å². The zero-order chi connectivity index (χ0) is 14.8. The van der Waals surface area contributed by atoms with Crippen LogP contribution in [0.4, 0.5) is 4.79 Å². The van der Waals surface area contributed by atoms with E-state index in [1.54, 1.807) is 4.90 Å². The number of β-amino-alcohol motifs (C(OH)–C–C–N with tert-alkyl or cyclic N) is 1. The zero-order valence-corrected chi connectivity index (χ0v) is 12.9. The fourth-order valence-electron chi connectivity index (χ4n) is 3.00. The van der Waals surface area contributed by atoms with Gasteiger partial charge < -0.3 is 14.7 Å². The molecule has 1 aliphatic heterocycles. The van der Waals surface area contributed by atoms with E-state index in [1.807, 2.05) is 20.8 Å². The molecule has 114 valence electrons. The Labute approximate surface area is 121 Å². The summed E-state index contributed by atoms with van der Waals surface area (Å²) in [4.78, 5) is 13.7. The van der Waals surface area contributed by atoms with E-state index in [4.69, 9.17) is 4.74 Å². The van der Waals surface area contributed by atoms with Gasteiger partial charge in [0.15, 0.2) is 0 Å². The lowest BCUT2D eigenvalue weighted by Gasteiger charge is -2.24. The van der Waals surface area contributed by atoms with Gasteiger partial charge in [0, 0.05) is 12.5 Å². The molecule has 2 rings (SSSR count). The normalized spacial score (nSPS) is 28.0. The maximum Gasteiger partial charge on any atom is 0.410 e. The SMILES string of the molecule is CC(C)(C)OC(=O)N1CC(O)C(C2=CCCCCC2)C1. The Morgan fingerprint density at radius 3 is 2.75 bits per heavy atom. The molecule has 1 fully saturated rings. The minimum atomic E-state index is -0.484. The van der Waals surface area contributed by atoms with Crippen molar-refractivity contribution in [3.8, 4) is 0 Å². The number of hydrogen-bond donors (Lipinski definition) is 1. The van der Waals surface area contributed by atoms with Gasteiger partial charge in [-0.15, -0.1) is 0 Å². The summed E-state index contributed by atoms with van der Waals surface area (Å²) in [5, 5.41) is 10.3. The van der Waals surface area contributed by atoms with Gasteiger partial charge >= 0.3 is 6.09 Å². The van der Waals surface area contributed by atoms with Crippen molar-refractivity contribution < 1.29 is 14.6 Å². The van der Waals surface area contributed by atoms with Crippen LogP contribution in [0.3, 0.4) is 0 Å². The minimum absolute atomic E-state index is 0.0978. The standard InChI is InChI=1S/C16H27NO3/c1-16(2,3)20-15(19)17-10-13(14(18)11-17)12-8-6-4-5-7-9-12/h8,13-14,18H,4-7,9-11H2,1-3H3. The third-order valence-corrected chi connectivity index (χ3v) is 3.99. The fourth-order valence-corrected chi connectivity index (χ4v) is 3.00. The highest BCUT2D eigenvalue weighted by Gasteiger charge is 2.37. The molecule has 0 aromatic carbocycles. The summed E-state index contributed by atoms with van der Waals surface area (Å²) >= 11 is 0. The van der Waals surface area contributed by atoms with Gasteiger partial charge in [-0.3, -0.25) is 0 Å². The number of aliphatic hydroxyl groups is 1. The molecule has 20 heavy (non-hydrogen) atoms. The number of rotatable bonds is 1. The number of likely N-dealkylation sites (tertiary alicyclic amines) is 1. The molecule has 0 aromatic heterocycles. The molecule has 1 aliphatic carbocycles. The topological polar surface area (TPSA) is 49.8 Å². The second kappa shape index (κ2) is 6.17. The zero-order valence-electron chi connectivity index (χ0n) is 12.9. The van der Waals surface area contributed by atoms with E-state index in [1.165, 1.54) is 24.8 Å². The average molecular weight is 281 g/mol. The molecular formula is C16H27NO3. The van der Waals surface area contributed by atoms with Crippen molar-refractivity contribution in [3.05, 3.63) is 11.6 Å². The van der Waals surface area contributed by atoms with E-state index in [2.05, 4.69) is 6.08 Å². The molecular weight excluding hydrogens is 254 g/mol. The van der Waals surface area contributed by atoms with Gasteiger partial charge in [0.05, 0.1) is 12.6 Å². The molecule has 0 spiro atoms. The molecule has 2 unspecified atom stereocenters. The Morgan fingerprint density at radius 2 is 2.05 bits per heavy atom. The first-order valence-electron chi connectivity index (χ1n) is 7.72. The molecule has 0 radical (unpaired) electrons. The first-order valence-corrected chi connectivity index (χ1v) is 7.72. The highest BCUT2D eigenvalue weighted by molar-refractivity contribution is 5.68. The maximum atomic E-state index is 12.1. The van der Waals surface area contributed by atoms with Gasteiger partial charge in [0.25, 0.3) is 0 Å². The second-order valence-corrected chi connectivity index (χ2v) is 6.94. The van der Waals surface area contributed by atoms with Crippen LogP contribution in [0.15, 0.2) is 11.6 Å². The Balaban J connectivity index is 1.98. The lowest BCUT2D eigenvalue weighted by atomic mass is 9.92. The Bertz CT molecular complexity index is 384. The van der Waals surface area contributed by atoms with Crippen molar-refractivity contribution >= 4 is 6.09 Å². The largest absolute Gasteiger partial charge is 0.444 e. The highest BCUT2D eigenvalue weighted by atomic mass is 16.6. The van der Waals surface area contributed by atoms with Crippen LogP contribution < -0.4 is 0 Å². The van der Waals surface area contributed by atoms with Gasteiger partial charge in [-0.25, -0.2) is 4.79 Å². The summed E-state index contributed by atoms with van der Waals surface area (Å²) in [6, 6.07) is 0. The number of aliphatic hydroxyl groups excluding tert-OH is 1. The van der Waals surface area contributed by atoms with Crippen LogP contribution >= 0.6 is 0 Å². The van der Waals surface area contributed by atoms with Crippen LogP contribution in [0.2, 0.25) is 0 Å². The van der Waals surface area contributed by atoms with Gasteiger partial charge in [-0.2, -0.15) is 0 Å². The van der Waals surface area contributed by atoms with Crippen LogP contribution in [-0.2, 0) is 4.74 Å². The van der Waals surface area contributed by atoms with Crippen LogP contribution in [-0.4, -0.2) is 40.9 Å². The molecule has 1 heterocycles. The number of ether oxygens (including phenoxy) is 1.